The third-order valence-electron chi connectivity index (χ3n) is 1.91. The molecule has 6 heteroatoms. The Balaban J connectivity index is 2.28. The van der Waals surface area contributed by atoms with E-state index < -0.39 is 0 Å². The van der Waals surface area contributed by atoms with Crippen LogP contribution in [0.2, 0.25) is 0 Å². The highest BCUT2D eigenvalue weighted by Gasteiger charge is 2.09. The number of pyridine rings is 1. The Morgan fingerprint density at radius 3 is 3.00 bits per heavy atom. The Hall–Kier alpha value is -2.24. The van der Waals surface area contributed by atoms with E-state index in [4.69, 9.17) is 0 Å². The number of aromatic amines is 1. The third-order valence-corrected chi connectivity index (χ3v) is 1.91. The second kappa shape index (κ2) is 2.63. The molecule has 3 rings (SSSR count). The summed E-state index contributed by atoms with van der Waals surface area (Å²) >= 11 is 0. The van der Waals surface area contributed by atoms with Crippen LogP contribution in [0.25, 0.3) is 17.3 Å². The molecular weight excluding hydrogens is 180 g/mol. The van der Waals surface area contributed by atoms with E-state index in [1.807, 2.05) is 18.2 Å². The molecule has 68 valence electrons. The Labute approximate surface area is 78.6 Å². The van der Waals surface area contributed by atoms with Crippen LogP contribution in [0.1, 0.15) is 0 Å². The van der Waals surface area contributed by atoms with Gasteiger partial charge < -0.3 is 0 Å². The molecule has 3 aromatic rings. The van der Waals surface area contributed by atoms with Crippen molar-refractivity contribution in [1.29, 1.82) is 0 Å². The Morgan fingerprint density at radius 1 is 1.14 bits per heavy atom. The highest BCUT2D eigenvalue weighted by atomic mass is 15.4. The van der Waals surface area contributed by atoms with Crippen molar-refractivity contribution in [3.8, 4) is 11.5 Å². The maximum absolute atomic E-state index is 4.18. The first kappa shape index (κ1) is 7.19. The van der Waals surface area contributed by atoms with Gasteiger partial charge in [0.25, 0.3) is 5.78 Å². The standard InChI is InChI=1S/C8H6N6/c1-2-4-9-6(3-1)7-12-13-8-10-5-11-14(7)8/h1-5H,(H,10,11,13). The highest BCUT2D eigenvalue weighted by Crippen LogP contribution is 2.12. The lowest BCUT2D eigenvalue weighted by Gasteiger charge is -1.93. The molecule has 0 aliphatic rings. The fourth-order valence-corrected chi connectivity index (χ4v) is 1.28. The second-order valence-electron chi connectivity index (χ2n) is 2.76. The molecule has 0 saturated carbocycles. The van der Waals surface area contributed by atoms with Crippen molar-refractivity contribution in [2.75, 3.05) is 0 Å². The predicted octanol–water partition coefficient (Wildman–Crippen LogP) is 0.514. The van der Waals surface area contributed by atoms with Crippen LogP contribution in [-0.4, -0.2) is 29.8 Å². The van der Waals surface area contributed by atoms with Crippen LogP contribution in [0, 0.1) is 0 Å². The van der Waals surface area contributed by atoms with Crippen LogP contribution >= 0.6 is 0 Å². The van der Waals surface area contributed by atoms with E-state index >= 15 is 0 Å². The molecule has 3 heterocycles. The van der Waals surface area contributed by atoms with E-state index in [2.05, 4.69) is 25.3 Å². The van der Waals surface area contributed by atoms with Crippen molar-refractivity contribution < 1.29 is 0 Å². The van der Waals surface area contributed by atoms with Gasteiger partial charge in [-0.1, -0.05) is 6.07 Å². The van der Waals surface area contributed by atoms with Gasteiger partial charge in [-0.05, 0) is 12.1 Å². The lowest BCUT2D eigenvalue weighted by Crippen LogP contribution is -1.91. The smallest absolute Gasteiger partial charge is 0.271 e. The first-order valence-electron chi connectivity index (χ1n) is 4.11. The summed E-state index contributed by atoms with van der Waals surface area (Å²) < 4.78 is 1.68. The van der Waals surface area contributed by atoms with Gasteiger partial charge in [-0.3, -0.25) is 10.1 Å². The second-order valence-corrected chi connectivity index (χ2v) is 2.76. The Bertz CT molecular complexity index is 551. The average molecular weight is 186 g/mol. The van der Waals surface area contributed by atoms with E-state index in [1.54, 1.807) is 17.0 Å². The topological polar surface area (TPSA) is 71.8 Å². The molecule has 0 bridgehead atoms. The van der Waals surface area contributed by atoms with Gasteiger partial charge in [-0.2, -0.15) is 9.50 Å². The predicted molar refractivity (Wildman–Crippen MR) is 48.4 cm³/mol. The van der Waals surface area contributed by atoms with Crippen molar-refractivity contribution >= 4 is 5.78 Å². The summed E-state index contributed by atoms with van der Waals surface area (Å²) in [6.45, 7) is 0. The molecule has 1 N–H and O–H groups in total. The molecule has 0 fully saturated rings. The van der Waals surface area contributed by atoms with Gasteiger partial charge in [0.05, 0.1) is 0 Å². The number of nitrogens with one attached hydrogen (secondary N) is 1. The van der Waals surface area contributed by atoms with Crippen molar-refractivity contribution in [1.82, 2.24) is 29.8 Å². The minimum Gasteiger partial charge on any atom is -0.279 e. The van der Waals surface area contributed by atoms with Crippen molar-refractivity contribution in [2.24, 2.45) is 0 Å². The molecule has 14 heavy (non-hydrogen) atoms. The monoisotopic (exact) mass is 186 g/mol. The van der Waals surface area contributed by atoms with E-state index in [9.17, 15) is 0 Å². The van der Waals surface area contributed by atoms with Crippen LogP contribution in [0.15, 0.2) is 30.7 Å². The molecule has 0 spiro atoms. The summed E-state index contributed by atoms with van der Waals surface area (Å²) in [7, 11) is 0. The molecular formula is C8H6N6. The van der Waals surface area contributed by atoms with E-state index in [0.29, 0.717) is 11.6 Å². The van der Waals surface area contributed by atoms with Crippen LogP contribution in [0.4, 0.5) is 0 Å². The molecule has 0 aromatic carbocycles. The zero-order valence-corrected chi connectivity index (χ0v) is 7.12. The van der Waals surface area contributed by atoms with Crippen molar-refractivity contribution in [2.45, 2.75) is 0 Å². The maximum atomic E-state index is 4.18. The van der Waals surface area contributed by atoms with Gasteiger partial charge in [0.15, 0.2) is 0 Å². The molecule has 0 saturated heterocycles. The Morgan fingerprint density at radius 2 is 2.14 bits per heavy atom. The summed E-state index contributed by atoms with van der Waals surface area (Å²) in [6, 6.07) is 5.63. The first-order valence-corrected chi connectivity index (χ1v) is 4.11. The summed E-state index contributed by atoms with van der Waals surface area (Å²) in [5.74, 6) is 1.21. The molecule has 0 radical (unpaired) electrons. The number of rotatable bonds is 1. The fraction of sp³-hybridized carbons (Fsp3) is 0. The van der Waals surface area contributed by atoms with Gasteiger partial charge >= 0.3 is 0 Å². The number of hydrogen-bond donors (Lipinski definition) is 1. The van der Waals surface area contributed by atoms with Crippen LogP contribution < -0.4 is 0 Å². The normalized spacial score (nSPS) is 10.9. The quantitative estimate of drug-likeness (QED) is 0.601. The number of fused-ring (bicyclic) bond motifs is 1. The van der Waals surface area contributed by atoms with Gasteiger partial charge in [-0.25, -0.2) is 0 Å². The van der Waals surface area contributed by atoms with Crippen molar-refractivity contribution in [3.63, 3.8) is 0 Å². The number of aromatic nitrogens is 6. The maximum Gasteiger partial charge on any atom is 0.271 e. The third kappa shape index (κ3) is 0.905. The van der Waals surface area contributed by atoms with Gasteiger partial charge in [0.1, 0.15) is 12.0 Å². The molecule has 0 atom stereocenters. The first-order chi connectivity index (χ1) is 6.95. The molecule has 0 unspecified atom stereocenters. The lowest BCUT2D eigenvalue weighted by atomic mass is 10.3. The average Bonchev–Trinajstić information content (AvgIpc) is 2.79. The molecule has 0 aliphatic heterocycles. The summed E-state index contributed by atoms with van der Waals surface area (Å²) in [6.07, 6.45) is 3.28. The number of H-pyrrole nitrogens is 1. The van der Waals surface area contributed by atoms with Gasteiger partial charge in [-0.15, -0.1) is 10.2 Å². The van der Waals surface area contributed by atoms with Crippen molar-refractivity contribution in [3.05, 3.63) is 30.7 Å². The number of hydrogen-bond acceptors (Lipinski definition) is 4. The SMILES string of the molecule is c1ccc(-c2nnc3nc[nH]n23)nc1. The number of nitrogens with zero attached hydrogens (tertiary/aromatic N) is 5. The van der Waals surface area contributed by atoms with Crippen LogP contribution in [0.3, 0.4) is 0 Å². The fourth-order valence-electron chi connectivity index (χ4n) is 1.28. The minimum absolute atomic E-state index is 0.547. The van der Waals surface area contributed by atoms with E-state index in [0.717, 1.165) is 5.69 Å². The Kier molecular flexibility index (Phi) is 1.35. The lowest BCUT2D eigenvalue weighted by molar-refractivity contribution is 0.955. The van der Waals surface area contributed by atoms with E-state index in [1.165, 1.54) is 0 Å². The summed E-state index contributed by atoms with van der Waals surface area (Å²) in [5.41, 5.74) is 0.768. The molecule has 3 aromatic heterocycles. The highest BCUT2D eigenvalue weighted by molar-refractivity contribution is 5.51. The van der Waals surface area contributed by atoms with E-state index in [-0.39, 0.29) is 0 Å². The minimum atomic E-state index is 0.547. The van der Waals surface area contributed by atoms with Gasteiger partial charge in [0.2, 0.25) is 5.82 Å². The van der Waals surface area contributed by atoms with Crippen LogP contribution in [-0.2, 0) is 0 Å². The zero-order chi connectivity index (χ0) is 9.38. The molecule has 0 aliphatic carbocycles. The van der Waals surface area contributed by atoms with Gasteiger partial charge in [0, 0.05) is 6.20 Å². The largest absolute Gasteiger partial charge is 0.279 e. The van der Waals surface area contributed by atoms with Crippen LogP contribution in [0.5, 0.6) is 0 Å². The summed E-state index contributed by atoms with van der Waals surface area (Å²) in [5, 5.41) is 10.8. The molecule has 6 nitrogen and oxygen atoms in total. The summed E-state index contributed by atoms with van der Waals surface area (Å²) in [4.78, 5) is 8.15. The molecule has 0 amide bonds. The zero-order valence-electron chi connectivity index (χ0n) is 7.12.